The molecule has 4 aliphatic heterocycles. The van der Waals surface area contributed by atoms with Gasteiger partial charge in [-0.1, -0.05) is 25.1 Å². The van der Waals surface area contributed by atoms with Crippen LogP contribution in [0.3, 0.4) is 0 Å². The van der Waals surface area contributed by atoms with E-state index in [0.717, 1.165) is 30.7 Å². The Kier molecular flexibility index (Phi) is 1.94. The minimum Gasteiger partial charge on any atom is -0.461 e. The molecule has 0 aromatic heterocycles. The molecule has 0 radical (unpaired) electrons. The van der Waals surface area contributed by atoms with Gasteiger partial charge in [0.2, 0.25) is 0 Å². The van der Waals surface area contributed by atoms with Crippen LogP contribution in [0.15, 0.2) is 34.3 Å². The average molecular weight is 306 g/mol. The van der Waals surface area contributed by atoms with Gasteiger partial charge in [0.05, 0.1) is 28.8 Å². The van der Waals surface area contributed by atoms with Crippen LogP contribution in [0.1, 0.15) is 31.7 Å². The van der Waals surface area contributed by atoms with Crippen LogP contribution in [-0.2, 0) is 14.9 Å². The van der Waals surface area contributed by atoms with Crippen LogP contribution in [0, 0.1) is 17.3 Å². The van der Waals surface area contributed by atoms with Gasteiger partial charge in [-0.3, -0.25) is 14.8 Å². The summed E-state index contributed by atoms with van der Waals surface area (Å²) in [5, 5.41) is 0. The highest BCUT2D eigenvalue weighted by Gasteiger charge is 2.74. The number of carbonyl (C=O) groups excluding carboxylic acids is 1. The molecule has 6 atom stereocenters. The van der Waals surface area contributed by atoms with Crippen LogP contribution < -0.4 is 0 Å². The maximum absolute atomic E-state index is 12.8. The first-order chi connectivity index (χ1) is 11.2. The molecule has 2 saturated carbocycles. The molecule has 7 rings (SSSR count). The zero-order valence-corrected chi connectivity index (χ0v) is 13.0. The van der Waals surface area contributed by atoms with E-state index in [1.54, 1.807) is 0 Å². The van der Waals surface area contributed by atoms with E-state index in [9.17, 15) is 4.79 Å². The van der Waals surface area contributed by atoms with Gasteiger partial charge in [-0.15, -0.1) is 0 Å². The zero-order chi connectivity index (χ0) is 15.4. The molecule has 1 spiro atoms. The summed E-state index contributed by atoms with van der Waals surface area (Å²) < 4.78 is 5.88. The second kappa shape index (κ2) is 3.58. The molecule has 4 heteroatoms. The molecule has 23 heavy (non-hydrogen) atoms. The van der Waals surface area contributed by atoms with Gasteiger partial charge in [0.1, 0.15) is 6.10 Å². The number of hydrogen-bond donors (Lipinski definition) is 0. The number of ether oxygens (including phenoxy) is 1. The summed E-state index contributed by atoms with van der Waals surface area (Å²) in [7, 11) is 0. The standard InChI is InChI=1S/C19H18N2O2/c1-2-18-9-20-13-7-11(18)15-17(22)23-14(18)8-19(15)10-5-3-4-6-12(10)21-16(13)19/h3-6,9,11,13-15H,2,7-8H2,1H3/t11?,13-,14?,15?,18?,19?/m0/s1. The Bertz CT molecular complexity index is 828. The van der Waals surface area contributed by atoms with Gasteiger partial charge < -0.3 is 4.74 Å². The first-order valence-electron chi connectivity index (χ1n) is 8.64. The Labute approximate surface area is 134 Å². The van der Waals surface area contributed by atoms with Crippen molar-refractivity contribution in [3.8, 4) is 0 Å². The van der Waals surface area contributed by atoms with Crippen molar-refractivity contribution in [2.45, 2.75) is 43.7 Å². The Hall–Kier alpha value is -1.97. The number of para-hydroxylation sites is 1. The minimum absolute atomic E-state index is 0.00604. The fourth-order valence-corrected chi connectivity index (χ4v) is 6.29. The summed E-state index contributed by atoms with van der Waals surface area (Å²) >= 11 is 0. The van der Waals surface area contributed by atoms with E-state index < -0.39 is 0 Å². The number of aliphatic imine (C=N–C) groups is 2. The summed E-state index contributed by atoms with van der Waals surface area (Å²) in [5.41, 5.74) is 3.09. The molecule has 4 heterocycles. The van der Waals surface area contributed by atoms with Crippen molar-refractivity contribution in [2.75, 3.05) is 0 Å². The first-order valence-corrected chi connectivity index (χ1v) is 8.64. The summed E-state index contributed by atoms with van der Waals surface area (Å²) in [4.78, 5) is 22.7. The summed E-state index contributed by atoms with van der Waals surface area (Å²) in [6, 6.07) is 8.49. The van der Waals surface area contributed by atoms with E-state index in [2.05, 4.69) is 31.3 Å². The lowest BCUT2D eigenvalue weighted by atomic mass is 9.41. The molecular formula is C19H18N2O2. The van der Waals surface area contributed by atoms with Crippen LogP contribution in [0.25, 0.3) is 0 Å². The fraction of sp³-hybridized carbons (Fsp3) is 0.526. The van der Waals surface area contributed by atoms with E-state index >= 15 is 0 Å². The van der Waals surface area contributed by atoms with Crippen molar-refractivity contribution in [1.82, 2.24) is 0 Å². The highest BCUT2D eigenvalue weighted by Crippen LogP contribution is 2.68. The van der Waals surface area contributed by atoms with Crippen LogP contribution in [0.5, 0.6) is 0 Å². The van der Waals surface area contributed by atoms with Gasteiger partial charge in [0.15, 0.2) is 0 Å². The van der Waals surface area contributed by atoms with E-state index in [1.165, 1.54) is 5.56 Å². The Balaban J connectivity index is 1.70. The van der Waals surface area contributed by atoms with Crippen LogP contribution in [0.2, 0.25) is 0 Å². The van der Waals surface area contributed by atoms with E-state index in [4.69, 9.17) is 14.7 Å². The summed E-state index contributed by atoms with van der Waals surface area (Å²) in [6.45, 7) is 2.21. The molecule has 2 aliphatic carbocycles. The molecule has 0 N–H and O–H groups in total. The molecular weight excluding hydrogens is 288 g/mol. The first kappa shape index (κ1) is 12.5. The van der Waals surface area contributed by atoms with E-state index in [0.29, 0.717) is 5.92 Å². The molecule has 1 aromatic carbocycles. The summed E-state index contributed by atoms with van der Waals surface area (Å²) in [5.74, 6) is 0.256. The number of hydrogen-bond acceptors (Lipinski definition) is 4. The second-order valence-corrected chi connectivity index (χ2v) is 7.69. The topological polar surface area (TPSA) is 51.0 Å². The molecule has 6 aliphatic rings. The SMILES string of the molecule is CCC12C=N[C@H]3CC1C1C(=O)OC2CC12C3=Nc1ccccc12. The van der Waals surface area contributed by atoms with Crippen molar-refractivity contribution in [2.24, 2.45) is 27.2 Å². The quantitative estimate of drug-likeness (QED) is 0.749. The number of rotatable bonds is 1. The molecule has 1 aromatic rings. The number of esters is 1. The molecule has 5 unspecified atom stereocenters. The zero-order valence-electron chi connectivity index (χ0n) is 13.0. The largest absolute Gasteiger partial charge is 0.461 e. The predicted molar refractivity (Wildman–Crippen MR) is 86.3 cm³/mol. The van der Waals surface area contributed by atoms with Crippen molar-refractivity contribution < 1.29 is 9.53 Å². The third-order valence-corrected chi connectivity index (χ3v) is 7.23. The second-order valence-electron chi connectivity index (χ2n) is 7.69. The summed E-state index contributed by atoms with van der Waals surface area (Å²) in [6.07, 6.45) is 4.90. The number of fused-ring (bicyclic) bond motifs is 4. The molecule has 4 nitrogen and oxygen atoms in total. The highest BCUT2D eigenvalue weighted by atomic mass is 16.5. The van der Waals surface area contributed by atoms with Crippen LogP contribution in [0.4, 0.5) is 5.69 Å². The van der Waals surface area contributed by atoms with Crippen molar-refractivity contribution in [3.63, 3.8) is 0 Å². The predicted octanol–water partition coefficient (Wildman–Crippen LogP) is 2.83. The average Bonchev–Trinajstić information content (AvgIpc) is 2.89. The monoisotopic (exact) mass is 306 g/mol. The highest BCUT2D eigenvalue weighted by molar-refractivity contribution is 6.11. The molecule has 0 amide bonds. The Morgan fingerprint density at radius 2 is 2.22 bits per heavy atom. The third-order valence-electron chi connectivity index (χ3n) is 7.23. The minimum atomic E-state index is -0.249. The van der Waals surface area contributed by atoms with Gasteiger partial charge in [0, 0.05) is 18.1 Å². The van der Waals surface area contributed by atoms with Crippen molar-refractivity contribution in [3.05, 3.63) is 29.8 Å². The van der Waals surface area contributed by atoms with Gasteiger partial charge in [-0.2, -0.15) is 0 Å². The number of benzene rings is 1. The van der Waals surface area contributed by atoms with Gasteiger partial charge in [-0.05, 0) is 30.4 Å². The molecule has 116 valence electrons. The van der Waals surface area contributed by atoms with Gasteiger partial charge in [0.25, 0.3) is 0 Å². The number of carbonyl (C=O) groups is 1. The smallest absolute Gasteiger partial charge is 0.310 e. The molecule has 2 saturated heterocycles. The lowest BCUT2D eigenvalue weighted by Crippen LogP contribution is -2.74. The fourth-order valence-electron chi connectivity index (χ4n) is 6.29. The van der Waals surface area contributed by atoms with Crippen molar-refractivity contribution >= 4 is 23.6 Å². The van der Waals surface area contributed by atoms with Crippen LogP contribution in [-0.4, -0.2) is 30.0 Å². The van der Waals surface area contributed by atoms with Crippen molar-refractivity contribution in [1.29, 1.82) is 0 Å². The van der Waals surface area contributed by atoms with Gasteiger partial charge >= 0.3 is 5.97 Å². The number of nitrogens with zero attached hydrogens (tertiary/aromatic N) is 2. The van der Waals surface area contributed by atoms with E-state index in [1.807, 2.05) is 6.07 Å². The maximum atomic E-state index is 12.8. The normalized spacial score (nSPS) is 47.2. The lowest BCUT2D eigenvalue weighted by molar-refractivity contribution is -0.206. The van der Waals surface area contributed by atoms with Gasteiger partial charge in [-0.25, -0.2) is 0 Å². The molecule has 5 bridgehead atoms. The maximum Gasteiger partial charge on any atom is 0.310 e. The Morgan fingerprint density at radius 3 is 3.09 bits per heavy atom. The third kappa shape index (κ3) is 1.10. The Morgan fingerprint density at radius 1 is 1.35 bits per heavy atom. The lowest BCUT2D eigenvalue weighted by Gasteiger charge is -2.65. The van der Waals surface area contributed by atoms with Crippen LogP contribution >= 0.6 is 0 Å². The molecule has 4 fully saturated rings. The van der Waals surface area contributed by atoms with E-state index in [-0.39, 0.29) is 34.9 Å².